The van der Waals surface area contributed by atoms with Gasteiger partial charge in [0.05, 0.1) is 6.10 Å². The zero-order valence-corrected chi connectivity index (χ0v) is 11.4. The van der Waals surface area contributed by atoms with Crippen LogP contribution in [-0.4, -0.2) is 6.10 Å². The van der Waals surface area contributed by atoms with Gasteiger partial charge in [-0.25, -0.2) is 4.79 Å². The molecule has 3 nitrogen and oxygen atoms in total. The molecule has 2 aromatic rings. The summed E-state index contributed by atoms with van der Waals surface area (Å²) in [5.74, 6) is 2.53. The molecule has 1 heterocycles. The number of ether oxygens (including phenoxy) is 1. The molecule has 2 aliphatic carbocycles. The van der Waals surface area contributed by atoms with Gasteiger partial charge in [-0.15, -0.1) is 0 Å². The topological polar surface area (TPSA) is 39.4 Å². The maximum atomic E-state index is 11.3. The number of hydrogen-bond donors (Lipinski definition) is 0. The molecular weight excluding hydrogens is 252 g/mol. The third-order valence-electron chi connectivity index (χ3n) is 4.74. The minimum Gasteiger partial charge on any atom is -0.490 e. The van der Waals surface area contributed by atoms with E-state index in [2.05, 4.69) is 0 Å². The highest BCUT2D eigenvalue weighted by atomic mass is 16.5. The second kappa shape index (κ2) is 4.65. The second-order valence-corrected chi connectivity index (χ2v) is 6.21. The molecule has 0 aliphatic heterocycles. The van der Waals surface area contributed by atoms with E-state index >= 15 is 0 Å². The van der Waals surface area contributed by atoms with E-state index < -0.39 is 0 Å². The van der Waals surface area contributed by atoms with Crippen LogP contribution in [0.15, 0.2) is 39.5 Å². The lowest BCUT2D eigenvalue weighted by atomic mass is 9.87. The summed E-state index contributed by atoms with van der Waals surface area (Å²) in [5.41, 5.74) is 0.291. The van der Waals surface area contributed by atoms with Crippen molar-refractivity contribution >= 4 is 11.0 Å². The van der Waals surface area contributed by atoms with Crippen LogP contribution in [-0.2, 0) is 0 Å². The van der Waals surface area contributed by atoms with E-state index in [9.17, 15) is 4.79 Å². The zero-order chi connectivity index (χ0) is 13.5. The van der Waals surface area contributed by atoms with Crippen molar-refractivity contribution in [2.75, 3.05) is 0 Å². The van der Waals surface area contributed by atoms with Gasteiger partial charge in [-0.2, -0.15) is 0 Å². The minimum atomic E-state index is -0.314. The lowest BCUT2D eigenvalue weighted by Gasteiger charge is -2.28. The van der Waals surface area contributed by atoms with Gasteiger partial charge < -0.3 is 9.15 Å². The average molecular weight is 270 g/mol. The second-order valence-electron chi connectivity index (χ2n) is 6.21. The number of fused-ring (bicyclic) bond motifs is 3. The Morgan fingerprint density at radius 1 is 1.00 bits per heavy atom. The molecule has 2 aliphatic rings. The minimum absolute atomic E-state index is 0.314. The summed E-state index contributed by atoms with van der Waals surface area (Å²) < 4.78 is 11.3. The van der Waals surface area contributed by atoms with Gasteiger partial charge in [0, 0.05) is 17.5 Å². The third kappa shape index (κ3) is 2.21. The molecule has 20 heavy (non-hydrogen) atoms. The molecule has 0 N–H and O–H groups in total. The fourth-order valence-electron chi connectivity index (χ4n) is 3.85. The third-order valence-corrected chi connectivity index (χ3v) is 4.74. The number of hydrogen-bond acceptors (Lipinski definition) is 3. The van der Waals surface area contributed by atoms with Crippen LogP contribution in [0.25, 0.3) is 11.0 Å². The van der Waals surface area contributed by atoms with Crippen molar-refractivity contribution in [3.05, 3.63) is 40.8 Å². The number of rotatable bonds is 2. The quantitative estimate of drug-likeness (QED) is 0.780. The maximum Gasteiger partial charge on any atom is 0.336 e. The standard InChI is InChI=1S/C17H18O3/c18-17-6-4-13-3-5-14(10-16(13)20-17)19-15-8-11-1-2-12(7-11)9-15/h3-6,10-12,15H,1-2,7-9H2/t11-,12?,15?/m0/s1. The smallest absolute Gasteiger partial charge is 0.336 e. The Morgan fingerprint density at radius 3 is 2.55 bits per heavy atom. The van der Waals surface area contributed by atoms with Crippen molar-refractivity contribution in [3.63, 3.8) is 0 Å². The molecule has 3 atom stereocenters. The molecule has 0 amide bonds. The van der Waals surface area contributed by atoms with Crippen molar-refractivity contribution in [1.29, 1.82) is 0 Å². The Morgan fingerprint density at radius 2 is 1.75 bits per heavy atom. The normalized spacial score (nSPS) is 28.7. The summed E-state index contributed by atoms with van der Waals surface area (Å²) in [6.07, 6.45) is 6.82. The summed E-state index contributed by atoms with van der Waals surface area (Å²) in [7, 11) is 0. The first-order chi connectivity index (χ1) is 9.76. The predicted molar refractivity (Wildman–Crippen MR) is 77.0 cm³/mol. The monoisotopic (exact) mass is 270 g/mol. The van der Waals surface area contributed by atoms with Gasteiger partial charge in [-0.1, -0.05) is 12.8 Å². The van der Waals surface area contributed by atoms with Gasteiger partial charge in [0.1, 0.15) is 11.3 Å². The summed E-state index contributed by atoms with van der Waals surface area (Å²) in [6.45, 7) is 0. The molecule has 2 fully saturated rings. The first-order valence-corrected chi connectivity index (χ1v) is 7.47. The Labute approximate surface area is 117 Å². The molecule has 0 saturated heterocycles. The molecule has 0 radical (unpaired) electrons. The Bertz CT molecular complexity index is 676. The van der Waals surface area contributed by atoms with E-state index in [1.54, 1.807) is 6.07 Å². The Hall–Kier alpha value is -1.77. The molecule has 2 unspecified atom stereocenters. The fourth-order valence-corrected chi connectivity index (χ4v) is 3.85. The van der Waals surface area contributed by atoms with Crippen molar-refractivity contribution in [2.45, 2.75) is 38.2 Å². The number of benzene rings is 1. The van der Waals surface area contributed by atoms with E-state index in [0.29, 0.717) is 11.7 Å². The van der Waals surface area contributed by atoms with Gasteiger partial charge >= 0.3 is 5.63 Å². The predicted octanol–water partition coefficient (Wildman–Crippen LogP) is 3.75. The van der Waals surface area contributed by atoms with Gasteiger partial charge in [-0.05, 0) is 49.3 Å². The van der Waals surface area contributed by atoms with Crippen LogP contribution in [0.3, 0.4) is 0 Å². The molecule has 1 aromatic heterocycles. The molecule has 2 bridgehead atoms. The van der Waals surface area contributed by atoms with E-state index in [0.717, 1.165) is 23.0 Å². The van der Waals surface area contributed by atoms with Crippen LogP contribution in [0.5, 0.6) is 5.75 Å². The Balaban J connectivity index is 1.57. The zero-order valence-electron chi connectivity index (χ0n) is 11.4. The van der Waals surface area contributed by atoms with Crippen LogP contribution in [0.1, 0.15) is 32.1 Å². The van der Waals surface area contributed by atoms with E-state index in [-0.39, 0.29) is 5.63 Å². The summed E-state index contributed by atoms with van der Waals surface area (Å²) in [6, 6.07) is 8.99. The van der Waals surface area contributed by atoms with Crippen LogP contribution < -0.4 is 10.4 Å². The van der Waals surface area contributed by atoms with Crippen molar-refractivity contribution in [1.82, 2.24) is 0 Å². The van der Waals surface area contributed by atoms with Crippen LogP contribution >= 0.6 is 0 Å². The van der Waals surface area contributed by atoms with Gasteiger partial charge in [-0.3, -0.25) is 0 Å². The van der Waals surface area contributed by atoms with Crippen LogP contribution in [0, 0.1) is 11.8 Å². The molecule has 2 saturated carbocycles. The Kier molecular flexibility index (Phi) is 2.79. The SMILES string of the molecule is O=c1ccc2ccc(OC3CC4CC[C@@H](C4)C3)cc2o1. The first-order valence-electron chi connectivity index (χ1n) is 7.47. The van der Waals surface area contributed by atoms with E-state index in [1.165, 1.54) is 38.2 Å². The van der Waals surface area contributed by atoms with E-state index in [1.807, 2.05) is 18.2 Å². The summed E-state index contributed by atoms with van der Waals surface area (Å²) in [5, 5.41) is 0.931. The van der Waals surface area contributed by atoms with Crippen molar-refractivity contribution < 1.29 is 9.15 Å². The molecule has 0 spiro atoms. The van der Waals surface area contributed by atoms with Crippen LogP contribution in [0.4, 0.5) is 0 Å². The lowest BCUT2D eigenvalue weighted by Crippen LogP contribution is -2.25. The van der Waals surface area contributed by atoms with E-state index in [4.69, 9.17) is 9.15 Å². The van der Waals surface area contributed by atoms with Gasteiger partial charge in [0.25, 0.3) is 0 Å². The highest BCUT2D eigenvalue weighted by molar-refractivity contribution is 5.77. The average Bonchev–Trinajstić information content (AvgIpc) is 2.77. The lowest BCUT2D eigenvalue weighted by molar-refractivity contribution is 0.119. The van der Waals surface area contributed by atoms with Gasteiger partial charge in [0.15, 0.2) is 0 Å². The maximum absolute atomic E-state index is 11.3. The van der Waals surface area contributed by atoms with Crippen molar-refractivity contribution in [3.8, 4) is 5.75 Å². The highest BCUT2D eigenvalue weighted by Crippen LogP contribution is 2.43. The first kappa shape index (κ1) is 12.0. The highest BCUT2D eigenvalue weighted by Gasteiger charge is 2.35. The molecule has 3 heteroatoms. The largest absolute Gasteiger partial charge is 0.490 e. The van der Waals surface area contributed by atoms with Crippen molar-refractivity contribution in [2.24, 2.45) is 11.8 Å². The fraction of sp³-hybridized carbons (Fsp3) is 0.471. The van der Waals surface area contributed by atoms with Crippen LogP contribution in [0.2, 0.25) is 0 Å². The van der Waals surface area contributed by atoms with Gasteiger partial charge in [0.2, 0.25) is 0 Å². The summed E-state index contributed by atoms with van der Waals surface area (Å²) in [4.78, 5) is 11.3. The molecule has 104 valence electrons. The summed E-state index contributed by atoms with van der Waals surface area (Å²) >= 11 is 0. The molecular formula is C17H18O3. The molecule has 4 rings (SSSR count). The molecule has 1 aromatic carbocycles.